The summed E-state index contributed by atoms with van der Waals surface area (Å²) >= 11 is 6.86. The van der Waals surface area contributed by atoms with E-state index >= 15 is 0 Å². The van der Waals surface area contributed by atoms with Crippen LogP contribution in [0.15, 0.2) is 39.5 Å². The molecule has 2 rings (SSSR count). The molecule has 2 aromatic rings. The van der Waals surface area contributed by atoms with Gasteiger partial charge in [0.1, 0.15) is 0 Å². The fraction of sp³-hybridized carbons (Fsp3) is 0. The highest BCUT2D eigenvalue weighted by molar-refractivity contribution is 9.11. The summed E-state index contributed by atoms with van der Waals surface area (Å²) in [5, 5.41) is 3.14. The van der Waals surface area contributed by atoms with Crippen molar-refractivity contribution in [2.45, 2.75) is 0 Å². The number of hydrogen-bond acceptors (Lipinski definition) is 5. The summed E-state index contributed by atoms with van der Waals surface area (Å²) in [5.74, 6) is 6.38. The van der Waals surface area contributed by atoms with Crippen LogP contribution in [0.5, 0.6) is 0 Å². The van der Waals surface area contributed by atoms with E-state index in [9.17, 15) is 0 Å². The van der Waals surface area contributed by atoms with Gasteiger partial charge in [-0.3, -0.25) is 4.98 Å². The van der Waals surface area contributed by atoms with Gasteiger partial charge >= 0.3 is 0 Å². The summed E-state index contributed by atoms with van der Waals surface area (Å²) in [6.07, 6.45) is 3.16. The smallest absolute Gasteiger partial charge is 0.160 e. The lowest BCUT2D eigenvalue weighted by Crippen LogP contribution is -2.09. The summed E-state index contributed by atoms with van der Waals surface area (Å²) in [5.41, 5.74) is 3.34. The number of hydrogen-bond donors (Lipinski definition) is 3. The van der Waals surface area contributed by atoms with E-state index in [1.165, 1.54) is 0 Å². The minimum atomic E-state index is 0.501. The van der Waals surface area contributed by atoms with Crippen molar-refractivity contribution < 1.29 is 0 Å². The third kappa shape index (κ3) is 3.15. The van der Waals surface area contributed by atoms with E-state index < -0.39 is 0 Å². The highest BCUT2D eigenvalue weighted by atomic mass is 79.9. The maximum atomic E-state index is 5.27. The van der Waals surface area contributed by atoms with Gasteiger partial charge in [0.2, 0.25) is 0 Å². The van der Waals surface area contributed by atoms with Crippen molar-refractivity contribution in [3.8, 4) is 0 Å². The second-order valence-corrected chi connectivity index (χ2v) is 4.95. The van der Waals surface area contributed by atoms with Crippen LogP contribution >= 0.6 is 31.9 Å². The number of halogens is 2. The van der Waals surface area contributed by atoms with Crippen molar-refractivity contribution in [2.24, 2.45) is 5.84 Å². The first kappa shape index (κ1) is 12.3. The highest BCUT2D eigenvalue weighted by Crippen LogP contribution is 2.28. The topological polar surface area (TPSA) is 75.9 Å². The molecule has 0 unspecified atom stereocenters. The summed E-state index contributed by atoms with van der Waals surface area (Å²) in [4.78, 5) is 8.22. The van der Waals surface area contributed by atoms with Crippen LogP contribution in [0.3, 0.4) is 0 Å². The summed E-state index contributed by atoms with van der Waals surface area (Å²) in [7, 11) is 0. The standard InChI is InChI=1S/C10H9Br2N5/c11-6-1-2-7(12)8(3-6)15-9-4-14-5-10(16-9)17-13/h1-5H,13H2,(H2,15,16,17). The van der Waals surface area contributed by atoms with E-state index in [2.05, 4.69) is 52.6 Å². The normalized spacial score (nSPS) is 10.1. The Morgan fingerprint density at radius 1 is 1.12 bits per heavy atom. The molecule has 0 aliphatic heterocycles. The highest BCUT2D eigenvalue weighted by Gasteiger charge is 2.03. The van der Waals surface area contributed by atoms with Crippen molar-refractivity contribution >= 4 is 49.2 Å². The van der Waals surface area contributed by atoms with Gasteiger partial charge in [-0.25, -0.2) is 10.8 Å². The quantitative estimate of drug-likeness (QED) is 0.580. The molecule has 4 N–H and O–H groups in total. The molecule has 0 fully saturated rings. The molecule has 88 valence electrons. The third-order valence-electron chi connectivity index (χ3n) is 1.97. The van der Waals surface area contributed by atoms with Crippen LogP contribution in [0.1, 0.15) is 0 Å². The maximum Gasteiger partial charge on any atom is 0.160 e. The minimum Gasteiger partial charge on any atom is -0.338 e. The molecule has 5 nitrogen and oxygen atoms in total. The molecule has 0 radical (unpaired) electrons. The Labute approximate surface area is 115 Å². The van der Waals surface area contributed by atoms with Gasteiger partial charge in [-0.1, -0.05) is 15.9 Å². The molecular weight excluding hydrogens is 350 g/mol. The number of nitrogens with one attached hydrogen (secondary N) is 2. The number of aromatic nitrogens is 2. The summed E-state index contributed by atoms with van der Waals surface area (Å²) in [6, 6.07) is 5.82. The van der Waals surface area contributed by atoms with Gasteiger partial charge in [0, 0.05) is 8.95 Å². The van der Waals surface area contributed by atoms with Gasteiger partial charge in [0.25, 0.3) is 0 Å². The van der Waals surface area contributed by atoms with Crippen molar-refractivity contribution in [1.29, 1.82) is 0 Å². The summed E-state index contributed by atoms with van der Waals surface area (Å²) < 4.78 is 1.91. The predicted octanol–water partition coefficient (Wildman–Crippen LogP) is 3.03. The van der Waals surface area contributed by atoms with Gasteiger partial charge in [-0.05, 0) is 34.1 Å². The molecule has 0 bridgehead atoms. The first-order valence-corrected chi connectivity index (χ1v) is 6.28. The Kier molecular flexibility index (Phi) is 3.93. The van der Waals surface area contributed by atoms with E-state index in [0.717, 1.165) is 14.6 Å². The molecule has 0 amide bonds. The zero-order chi connectivity index (χ0) is 12.3. The Hall–Kier alpha value is -1.18. The SMILES string of the molecule is NNc1cncc(Nc2cc(Br)ccc2Br)n1. The summed E-state index contributed by atoms with van der Waals surface area (Å²) in [6.45, 7) is 0. The molecule has 0 saturated heterocycles. The Bertz CT molecular complexity index is 532. The van der Waals surface area contributed by atoms with Crippen LogP contribution in [0.2, 0.25) is 0 Å². The molecule has 1 aromatic heterocycles. The average Bonchev–Trinajstić information content (AvgIpc) is 2.34. The van der Waals surface area contributed by atoms with Gasteiger partial charge < -0.3 is 10.7 Å². The van der Waals surface area contributed by atoms with Crippen LogP contribution in [0.25, 0.3) is 0 Å². The predicted molar refractivity (Wildman–Crippen MR) is 75.0 cm³/mol. The van der Waals surface area contributed by atoms with Crippen molar-refractivity contribution in [3.63, 3.8) is 0 Å². The lowest BCUT2D eigenvalue weighted by molar-refractivity contribution is 1.16. The zero-order valence-corrected chi connectivity index (χ0v) is 11.8. The monoisotopic (exact) mass is 357 g/mol. The molecule has 17 heavy (non-hydrogen) atoms. The molecular formula is C10H9Br2N5. The van der Waals surface area contributed by atoms with Crippen LogP contribution in [0, 0.1) is 0 Å². The van der Waals surface area contributed by atoms with Crippen molar-refractivity contribution in [2.75, 3.05) is 10.7 Å². The molecule has 0 spiro atoms. The number of anilines is 3. The Balaban J connectivity index is 2.27. The molecule has 1 aromatic carbocycles. The fourth-order valence-corrected chi connectivity index (χ4v) is 1.93. The molecule has 1 heterocycles. The molecule has 0 saturated carbocycles. The first-order chi connectivity index (χ1) is 8.19. The number of nitrogen functional groups attached to an aromatic ring is 1. The molecule has 0 aliphatic rings. The largest absolute Gasteiger partial charge is 0.338 e. The molecule has 0 aliphatic carbocycles. The lowest BCUT2D eigenvalue weighted by atomic mass is 10.3. The first-order valence-electron chi connectivity index (χ1n) is 4.70. The van der Waals surface area contributed by atoms with E-state index in [-0.39, 0.29) is 0 Å². The maximum absolute atomic E-state index is 5.27. The second-order valence-electron chi connectivity index (χ2n) is 3.18. The molecule has 0 atom stereocenters. The Morgan fingerprint density at radius 2 is 1.88 bits per heavy atom. The van der Waals surface area contributed by atoms with E-state index in [1.54, 1.807) is 12.4 Å². The van der Waals surface area contributed by atoms with Gasteiger partial charge in [0.15, 0.2) is 11.6 Å². The van der Waals surface area contributed by atoms with Crippen molar-refractivity contribution in [1.82, 2.24) is 9.97 Å². The zero-order valence-electron chi connectivity index (χ0n) is 8.61. The van der Waals surface area contributed by atoms with Gasteiger partial charge in [0.05, 0.1) is 18.1 Å². The second kappa shape index (κ2) is 5.44. The number of nitrogens with zero attached hydrogens (tertiary/aromatic N) is 2. The third-order valence-corrected chi connectivity index (χ3v) is 3.16. The number of rotatable bonds is 3. The number of benzene rings is 1. The van der Waals surface area contributed by atoms with Crippen LogP contribution < -0.4 is 16.6 Å². The van der Waals surface area contributed by atoms with Crippen LogP contribution in [-0.4, -0.2) is 9.97 Å². The Morgan fingerprint density at radius 3 is 2.65 bits per heavy atom. The number of hydrazine groups is 1. The molecule has 7 heteroatoms. The fourth-order valence-electron chi connectivity index (χ4n) is 1.23. The van der Waals surface area contributed by atoms with E-state index in [0.29, 0.717) is 11.6 Å². The minimum absolute atomic E-state index is 0.501. The van der Waals surface area contributed by atoms with Gasteiger partial charge in [-0.15, -0.1) is 0 Å². The van der Waals surface area contributed by atoms with E-state index in [4.69, 9.17) is 5.84 Å². The van der Waals surface area contributed by atoms with Crippen molar-refractivity contribution in [3.05, 3.63) is 39.5 Å². The van der Waals surface area contributed by atoms with Gasteiger partial charge in [-0.2, -0.15) is 0 Å². The van der Waals surface area contributed by atoms with Crippen LogP contribution in [-0.2, 0) is 0 Å². The lowest BCUT2D eigenvalue weighted by Gasteiger charge is -2.08. The van der Waals surface area contributed by atoms with Crippen LogP contribution in [0.4, 0.5) is 17.3 Å². The van der Waals surface area contributed by atoms with E-state index in [1.807, 2.05) is 18.2 Å². The number of nitrogens with two attached hydrogens (primary N) is 1. The average molecular weight is 359 g/mol.